The average molecular weight is 167 g/mol. The minimum atomic E-state index is 0.959. The molecular weight excluding hydrogens is 146 g/mol. The summed E-state index contributed by atoms with van der Waals surface area (Å²) in [6.07, 6.45) is 10.2. The highest BCUT2D eigenvalue weighted by atomic mass is 15.2. The fourth-order valence-corrected chi connectivity index (χ4v) is 3.01. The summed E-state index contributed by atoms with van der Waals surface area (Å²) in [5, 5.41) is 0. The Hall–Kier alpha value is -0.0400. The van der Waals surface area contributed by atoms with E-state index in [1.807, 2.05) is 0 Å². The number of rotatable bonds is 2. The smallest absolute Gasteiger partial charge is 0.00987 e. The Morgan fingerprint density at radius 2 is 2.08 bits per heavy atom. The average Bonchev–Trinajstić information content (AvgIpc) is 2.50. The van der Waals surface area contributed by atoms with Crippen LogP contribution in [0.2, 0.25) is 0 Å². The summed E-state index contributed by atoms with van der Waals surface area (Å²) in [7, 11) is 0. The highest BCUT2D eigenvalue weighted by Crippen LogP contribution is 2.33. The van der Waals surface area contributed by atoms with Crippen LogP contribution in [0.15, 0.2) is 0 Å². The number of hydrogen-bond acceptors (Lipinski definition) is 1. The molecule has 0 aromatic rings. The second kappa shape index (κ2) is 3.78. The summed E-state index contributed by atoms with van der Waals surface area (Å²) in [4.78, 5) is 2.80. The highest BCUT2D eigenvalue weighted by molar-refractivity contribution is 4.89. The molecule has 70 valence electrons. The zero-order valence-electron chi connectivity index (χ0n) is 8.26. The van der Waals surface area contributed by atoms with E-state index in [4.69, 9.17) is 0 Å². The van der Waals surface area contributed by atoms with Crippen LogP contribution in [0.3, 0.4) is 0 Å². The van der Waals surface area contributed by atoms with Crippen molar-refractivity contribution in [2.45, 2.75) is 64.0 Å². The first kappa shape index (κ1) is 8.55. The molecule has 0 saturated carbocycles. The summed E-state index contributed by atoms with van der Waals surface area (Å²) < 4.78 is 0. The molecule has 0 aromatic heterocycles. The summed E-state index contributed by atoms with van der Waals surface area (Å²) >= 11 is 0. The Morgan fingerprint density at radius 3 is 2.92 bits per heavy atom. The van der Waals surface area contributed by atoms with E-state index in [1.165, 1.54) is 51.5 Å². The summed E-state index contributed by atoms with van der Waals surface area (Å²) in [6.45, 7) is 3.71. The molecule has 1 nitrogen and oxygen atoms in total. The monoisotopic (exact) mass is 167 g/mol. The normalized spacial score (nSPS) is 36.8. The maximum Gasteiger partial charge on any atom is 0.00987 e. The van der Waals surface area contributed by atoms with Gasteiger partial charge in [-0.1, -0.05) is 19.8 Å². The number of fused-ring (bicyclic) bond motifs is 1. The van der Waals surface area contributed by atoms with Gasteiger partial charge in [0.2, 0.25) is 0 Å². The first-order valence-corrected chi connectivity index (χ1v) is 5.67. The molecule has 12 heavy (non-hydrogen) atoms. The van der Waals surface area contributed by atoms with E-state index in [1.54, 1.807) is 0 Å². The van der Waals surface area contributed by atoms with Crippen molar-refractivity contribution in [3.63, 3.8) is 0 Å². The largest absolute Gasteiger partial charge is 0.297 e. The van der Waals surface area contributed by atoms with Gasteiger partial charge < -0.3 is 0 Å². The minimum absolute atomic E-state index is 0.959. The Kier molecular flexibility index (Phi) is 2.69. The molecule has 0 radical (unpaired) electrons. The number of piperidine rings is 1. The maximum absolute atomic E-state index is 2.80. The lowest BCUT2D eigenvalue weighted by atomic mass is 10.0. The van der Waals surface area contributed by atoms with Crippen molar-refractivity contribution < 1.29 is 0 Å². The van der Waals surface area contributed by atoms with Crippen molar-refractivity contribution in [3.05, 3.63) is 0 Å². The van der Waals surface area contributed by atoms with E-state index in [2.05, 4.69) is 11.8 Å². The molecule has 0 spiro atoms. The van der Waals surface area contributed by atoms with Gasteiger partial charge in [0.1, 0.15) is 0 Å². The fourth-order valence-electron chi connectivity index (χ4n) is 3.01. The van der Waals surface area contributed by atoms with Crippen molar-refractivity contribution >= 4 is 0 Å². The van der Waals surface area contributed by atoms with Crippen LogP contribution in [0.25, 0.3) is 0 Å². The van der Waals surface area contributed by atoms with E-state index in [0.29, 0.717) is 0 Å². The van der Waals surface area contributed by atoms with Crippen molar-refractivity contribution in [1.82, 2.24) is 4.90 Å². The molecule has 2 unspecified atom stereocenters. The van der Waals surface area contributed by atoms with Crippen LogP contribution in [0.4, 0.5) is 0 Å². The van der Waals surface area contributed by atoms with Gasteiger partial charge in [0.25, 0.3) is 0 Å². The molecule has 0 aromatic carbocycles. The van der Waals surface area contributed by atoms with E-state index in [0.717, 1.165) is 12.1 Å². The van der Waals surface area contributed by atoms with Gasteiger partial charge >= 0.3 is 0 Å². The van der Waals surface area contributed by atoms with Gasteiger partial charge in [-0.25, -0.2) is 0 Å². The molecule has 0 bridgehead atoms. The summed E-state index contributed by atoms with van der Waals surface area (Å²) in [5.41, 5.74) is 0. The van der Waals surface area contributed by atoms with Crippen LogP contribution in [0, 0.1) is 0 Å². The predicted molar refractivity (Wildman–Crippen MR) is 52.3 cm³/mol. The lowest BCUT2D eigenvalue weighted by Crippen LogP contribution is -2.39. The second-order valence-electron chi connectivity index (χ2n) is 4.41. The van der Waals surface area contributed by atoms with Gasteiger partial charge in [0.15, 0.2) is 0 Å². The maximum atomic E-state index is 2.80. The molecule has 0 amide bonds. The van der Waals surface area contributed by atoms with Crippen LogP contribution in [0.5, 0.6) is 0 Å². The molecular formula is C11H21N. The quantitative estimate of drug-likeness (QED) is 0.611. The predicted octanol–water partition coefficient (Wildman–Crippen LogP) is 2.80. The van der Waals surface area contributed by atoms with Gasteiger partial charge in [-0.15, -0.1) is 0 Å². The van der Waals surface area contributed by atoms with E-state index in [9.17, 15) is 0 Å². The van der Waals surface area contributed by atoms with Crippen molar-refractivity contribution in [2.75, 3.05) is 6.54 Å². The lowest BCUT2D eigenvalue weighted by molar-refractivity contribution is 0.143. The van der Waals surface area contributed by atoms with Gasteiger partial charge in [0, 0.05) is 12.1 Å². The third-order valence-electron chi connectivity index (χ3n) is 3.60. The van der Waals surface area contributed by atoms with Crippen LogP contribution in [0.1, 0.15) is 51.9 Å². The Labute approximate surface area is 76.1 Å². The van der Waals surface area contributed by atoms with Gasteiger partial charge in [-0.2, -0.15) is 0 Å². The highest BCUT2D eigenvalue weighted by Gasteiger charge is 2.33. The number of hydrogen-bond donors (Lipinski definition) is 0. The molecule has 1 heteroatoms. The molecule has 2 fully saturated rings. The zero-order chi connectivity index (χ0) is 8.39. The molecule has 0 aliphatic carbocycles. The van der Waals surface area contributed by atoms with Crippen molar-refractivity contribution in [2.24, 2.45) is 0 Å². The van der Waals surface area contributed by atoms with Crippen LogP contribution >= 0.6 is 0 Å². The standard InChI is InChI=1S/C11H21N/c1-2-5-10-7-8-11-6-3-4-9-12(10)11/h10-11H,2-9H2,1H3. The lowest BCUT2D eigenvalue weighted by Gasteiger charge is -2.33. The molecule has 2 rings (SSSR count). The summed E-state index contributed by atoms with van der Waals surface area (Å²) in [6, 6.07) is 1.94. The third kappa shape index (κ3) is 1.52. The fraction of sp³-hybridized carbons (Fsp3) is 1.00. The topological polar surface area (TPSA) is 3.24 Å². The third-order valence-corrected chi connectivity index (χ3v) is 3.60. The van der Waals surface area contributed by atoms with Gasteiger partial charge in [-0.3, -0.25) is 4.90 Å². The molecule has 0 N–H and O–H groups in total. The zero-order valence-corrected chi connectivity index (χ0v) is 8.26. The minimum Gasteiger partial charge on any atom is -0.297 e. The Bertz CT molecular complexity index is 144. The molecule has 2 aliphatic heterocycles. The molecule has 2 saturated heterocycles. The molecule has 2 aliphatic rings. The SMILES string of the molecule is CCCC1CCC2CCCCN12. The van der Waals surface area contributed by atoms with Crippen LogP contribution in [-0.4, -0.2) is 23.5 Å². The summed E-state index contributed by atoms with van der Waals surface area (Å²) in [5.74, 6) is 0. The second-order valence-corrected chi connectivity index (χ2v) is 4.41. The number of nitrogens with zero attached hydrogens (tertiary/aromatic N) is 1. The van der Waals surface area contributed by atoms with Gasteiger partial charge in [-0.05, 0) is 38.6 Å². The van der Waals surface area contributed by atoms with Gasteiger partial charge in [0.05, 0.1) is 0 Å². The van der Waals surface area contributed by atoms with Crippen LogP contribution < -0.4 is 0 Å². The first-order chi connectivity index (χ1) is 5.92. The Morgan fingerprint density at radius 1 is 1.17 bits per heavy atom. The van der Waals surface area contributed by atoms with E-state index >= 15 is 0 Å². The van der Waals surface area contributed by atoms with Crippen molar-refractivity contribution in [3.8, 4) is 0 Å². The van der Waals surface area contributed by atoms with Crippen LogP contribution in [-0.2, 0) is 0 Å². The molecule has 2 heterocycles. The Balaban J connectivity index is 1.92. The van der Waals surface area contributed by atoms with E-state index in [-0.39, 0.29) is 0 Å². The molecule has 2 atom stereocenters. The van der Waals surface area contributed by atoms with E-state index < -0.39 is 0 Å². The first-order valence-electron chi connectivity index (χ1n) is 5.67. The van der Waals surface area contributed by atoms with Crippen molar-refractivity contribution in [1.29, 1.82) is 0 Å².